The van der Waals surface area contributed by atoms with Gasteiger partial charge < -0.3 is 14.9 Å². The number of amides is 2. The minimum Gasteiger partial charge on any atom is -0.481 e. The van der Waals surface area contributed by atoms with E-state index >= 15 is 0 Å². The lowest BCUT2D eigenvalue weighted by Gasteiger charge is -2.41. The minimum absolute atomic E-state index is 0.0361. The number of carboxylic acids is 1. The van der Waals surface area contributed by atoms with Crippen molar-refractivity contribution in [2.45, 2.75) is 65.0 Å². The van der Waals surface area contributed by atoms with Gasteiger partial charge in [0.25, 0.3) is 0 Å². The Bertz CT molecular complexity index is 399. The van der Waals surface area contributed by atoms with Crippen molar-refractivity contribution in [3.8, 4) is 0 Å². The lowest BCUT2D eigenvalue weighted by Crippen LogP contribution is -2.54. The smallest absolute Gasteiger partial charge is 0.320 e. The Balaban J connectivity index is 2.10. The van der Waals surface area contributed by atoms with Gasteiger partial charge >= 0.3 is 12.0 Å². The molecule has 0 aliphatic carbocycles. The number of carboxylic acid groups (broad SMARTS) is 1. The number of carbonyl (C=O) groups excluding carboxylic acids is 1. The summed E-state index contributed by atoms with van der Waals surface area (Å²) in [7, 11) is 0. The van der Waals surface area contributed by atoms with E-state index in [-0.39, 0.29) is 12.1 Å². The number of rotatable bonds is 2. The molecule has 0 bridgehead atoms. The number of urea groups is 1. The molecule has 2 aliphatic rings. The summed E-state index contributed by atoms with van der Waals surface area (Å²) in [4.78, 5) is 27.9. The Labute approximate surface area is 120 Å². The molecule has 0 spiro atoms. The fourth-order valence-electron chi connectivity index (χ4n) is 3.56. The SMILES string of the molecule is CCC1CCC(C)N1C(=O)N1CCCC(C)(C(=O)O)C1. The quantitative estimate of drug-likeness (QED) is 0.846. The molecule has 0 aromatic rings. The molecule has 0 saturated carbocycles. The summed E-state index contributed by atoms with van der Waals surface area (Å²) in [5.74, 6) is -0.795. The first kappa shape index (κ1) is 15.1. The van der Waals surface area contributed by atoms with Gasteiger partial charge in [-0.2, -0.15) is 0 Å². The topological polar surface area (TPSA) is 60.9 Å². The lowest BCUT2D eigenvalue weighted by atomic mass is 9.82. The number of nitrogens with zero attached hydrogens (tertiary/aromatic N) is 2. The summed E-state index contributed by atoms with van der Waals surface area (Å²) in [6.45, 7) is 6.97. The highest BCUT2D eigenvalue weighted by molar-refractivity contribution is 5.79. The molecule has 0 radical (unpaired) electrons. The van der Waals surface area contributed by atoms with E-state index in [0.29, 0.717) is 25.6 Å². The summed E-state index contributed by atoms with van der Waals surface area (Å²) < 4.78 is 0. The molecule has 2 rings (SSSR count). The predicted octanol–water partition coefficient (Wildman–Crippen LogP) is 2.56. The Morgan fingerprint density at radius 1 is 1.35 bits per heavy atom. The van der Waals surface area contributed by atoms with E-state index in [0.717, 1.165) is 25.7 Å². The largest absolute Gasteiger partial charge is 0.481 e. The van der Waals surface area contributed by atoms with Crippen molar-refractivity contribution >= 4 is 12.0 Å². The highest BCUT2D eigenvalue weighted by Crippen LogP contribution is 2.33. The molecular formula is C15H26N2O3. The molecule has 2 aliphatic heterocycles. The van der Waals surface area contributed by atoms with Crippen molar-refractivity contribution in [1.29, 1.82) is 0 Å². The zero-order valence-electron chi connectivity index (χ0n) is 12.8. The van der Waals surface area contributed by atoms with Crippen LogP contribution in [0.3, 0.4) is 0 Å². The van der Waals surface area contributed by atoms with E-state index in [1.165, 1.54) is 0 Å². The third kappa shape index (κ3) is 2.63. The summed E-state index contributed by atoms with van der Waals surface area (Å²) in [6.07, 6.45) is 4.51. The van der Waals surface area contributed by atoms with Crippen LogP contribution >= 0.6 is 0 Å². The third-order valence-electron chi connectivity index (χ3n) is 4.96. The number of carbonyl (C=O) groups is 2. The normalized spacial score (nSPS) is 34.4. The average Bonchev–Trinajstić information content (AvgIpc) is 2.79. The van der Waals surface area contributed by atoms with Crippen LogP contribution in [0.2, 0.25) is 0 Å². The first-order valence-electron chi connectivity index (χ1n) is 7.69. The first-order chi connectivity index (χ1) is 9.39. The maximum atomic E-state index is 12.7. The van der Waals surface area contributed by atoms with Crippen molar-refractivity contribution in [3.63, 3.8) is 0 Å². The maximum Gasteiger partial charge on any atom is 0.320 e. The summed E-state index contributed by atoms with van der Waals surface area (Å²) >= 11 is 0. The van der Waals surface area contributed by atoms with E-state index in [1.54, 1.807) is 11.8 Å². The van der Waals surface area contributed by atoms with E-state index in [1.807, 2.05) is 4.90 Å². The van der Waals surface area contributed by atoms with Gasteiger partial charge in [0.05, 0.1) is 5.41 Å². The second-order valence-corrected chi connectivity index (χ2v) is 6.57. The monoisotopic (exact) mass is 282 g/mol. The fourth-order valence-corrected chi connectivity index (χ4v) is 3.56. The van der Waals surface area contributed by atoms with E-state index in [9.17, 15) is 14.7 Å². The molecule has 2 saturated heterocycles. The number of likely N-dealkylation sites (tertiary alicyclic amines) is 2. The molecule has 3 atom stereocenters. The number of piperidine rings is 1. The van der Waals surface area contributed by atoms with Crippen LogP contribution in [0.25, 0.3) is 0 Å². The van der Waals surface area contributed by atoms with Crippen LogP contribution < -0.4 is 0 Å². The second kappa shape index (κ2) is 5.62. The Kier molecular flexibility index (Phi) is 4.25. The fraction of sp³-hybridized carbons (Fsp3) is 0.867. The molecule has 0 aromatic carbocycles. The van der Waals surface area contributed by atoms with Gasteiger partial charge in [-0.25, -0.2) is 4.79 Å². The van der Waals surface area contributed by atoms with Gasteiger partial charge in [-0.05, 0) is 46.0 Å². The average molecular weight is 282 g/mol. The van der Waals surface area contributed by atoms with Gasteiger partial charge in [-0.3, -0.25) is 4.79 Å². The molecule has 1 N–H and O–H groups in total. The molecule has 5 nitrogen and oxygen atoms in total. The van der Waals surface area contributed by atoms with Crippen molar-refractivity contribution in [3.05, 3.63) is 0 Å². The molecule has 0 aromatic heterocycles. The van der Waals surface area contributed by atoms with Crippen LogP contribution in [0, 0.1) is 5.41 Å². The van der Waals surface area contributed by atoms with Gasteiger partial charge in [0.1, 0.15) is 0 Å². The summed E-state index contributed by atoms with van der Waals surface area (Å²) in [5, 5.41) is 9.36. The Morgan fingerprint density at radius 3 is 2.65 bits per heavy atom. The lowest BCUT2D eigenvalue weighted by molar-refractivity contribution is -0.150. The number of hydrogen-bond acceptors (Lipinski definition) is 2. The molecule has 114 valence electrons. The van der Waals surface area contributed by atoms with Crippen molar-refractivity contribution in [2.24, 2.45) is 5.41 Å². The van der Waals surface area contributed by atoms with Crippen LogP contribution in [-0.4, -0.2) is 52.1 Å². The van der Waals surface area contributed by atoms with Crippen LogP contribution in [0.15, 0.2) is 0 Å². The zero-order valence-corrected chi connectivity index (χ0v) is 12.8. The molecule has 3 unspecified atom stereocenters. The van der Waals surface area contributed by atoms with Crippen molar-refractivity contribution in [2.75, 3.05) is 13.1 Å². The highest BCUT2D eigenvalue weighted by atomic mass is 16.4. The van der Waals surface area contributed by atoms with Crippen LogP contribution in [-0.2, 0) is 4.79 Å². The molecule has 2 amide bonds. The maximum absolute atomic E-state index is 12.7. The van der Waals surface area contributed by atoms with Gasteiger partial charge in [-0.15, -0.1) is 0 Å². The van der Waals surface area contributed by atoms with E-state index in [4.69, 9.17) is 0 Å². The van der Waals surface area contributed by atoms with Gasteiger partial charge in [-0.1, -0.05) is 6.92 Å². The van der Waals surface area contributed by atoms with Crippen LogP contribution in [0.5, 0.6) is 0 Å². The van der Waals surface area contributed by atoms with Crippen molar-refractivity contribution < 1.29 is 14.7 Å². The minimum atomic E-state index is -0.795. The second-order valence-electron chi connectivity index (χ2n) is 6.57. The number of aliphatic carboxylic acids is 1. The first-order valence-corrected chi connectivity index (χ1v) is 7.69. The van der Waals surface area contributed by atoms with Gasteiger partial charge in [0, 0.05) is 25.2 Å². The number of hydrogen-bond donors (Lipinski definition) is 1. The highest BCUT2D eigenvalue weighted by Gasteiger charge is 2.42. The molecule has 2 heterocycles. The molecular weight excluding hydrogens is 256 g/mol. The molecule has 2 fully saturated rings. The van der Waals surface area contributed by atoms with Crippen molar-refractivity contribution in [1.82, 2.24) is 9.80 Å². The van der Waals surface area contributed by atoms with Crippen LogP contribution in [0.4, 0.5) is 4.79 Å². The van der Waals surface area contributed by atoms with Crippen LogP contribution in [0.1, 0.15) is 52.9 Å². The Hall–Kier alpha value is -1.26. The van der Waals surface area contributed by atoms with E-state index < -0.39 is 11.4 Å². The Morgan fingerprint density at radius 2 is 2.05 bits per heavy atom. The molecule has 20 heavy (non-hydrogen) atoms. The third-order valence-corrected chi connectivity index (χ3v) is 4.96. The van der Waals surface area contributed by atoms with Gasteiger partial charge in [0.2, 0.25) is 0 Å². The standard InChI is InChI=1S/C15H26N2O3/c1-4-12-7-6-11(2)17(12)14(20)16-9-5-8-15(3,10-16)13(18)19/h11-12H,4-10H2,1-3H3,(H,18,19). The van der Waals surface area contributed by atoms with E-state index in [2.05, 4.69) is 13.8 Å². The molecule has 5 heteroatoms. The van der Waals surface area contributed by atoms with Gasteiger partial charge in [0.15, 0.2) is 0 Å². The predicted molar refractivity (Wildman–Crippen MR) is 76.6 cm³/mol. The zero-order chi connectivity index (χ0) is 14.9. The summed E-state index contributed by atoms with van der Waals surface area (Å²) in [5.41, 5.74) is -0.793. The summed E-state index contributed by atoms with van der Waals surface area (Å²) in [6, 6.07) is 0.620.